The molecule has 0 aromatic carbocycles. The van der Waals surface area contributed by atoms with Crippen molar-refractivity contribution in [3.63, 3.8) is 0 Å². The van der Waals surface area contributed by atoms with Crippen LogP contribution < -0.4 is 10.6 Å². The van der Waals surface area contributed by atoms with E-state index in [0.29, 0.717) is 6.42 Å². The van der Waals surface area contributed by atoms with Crippen molar-refractivity contribution in [2.24, 2.45) is 11.8 Å². The number of nitrogens with one attached hydrogen (secondary N) is 2. The third-order valence-corrected chi connectivity index (χ3v) is 3.49. The van der Waals surface area contributed by atoms with Gasteiger partial charge in [-0.3, -0.25) is 4.79 Å². The molecule has 2 rings (SSSR count). The molecule has 15 heavy (non-hydrogen) atoms. The van der Waals surface area contributed by atoms with Crippen molar-refractivity contribution >= 4 is 5.91 Å². The zero-order valence-corrected chi connectivity index (χ0v) is 9.46. The normalized spacial score (nSPS) is 30.5. The zero-order chi connectivity index (χ0) is 10.7. The quantitative estimate of drug-likeness (QED) is 0.669. The summed E-state index contributed by atoms with van der Waals surface area (Å²) in [4.78, 5) is 13.7. The highest BCUT2D eigenvalue weighted by molar-refractivity contribution is 5.75. The molecule has 4 heteroatoms. The first-order chi connectivity index (χ1) is 7.29. The minimum atomic E-state index is 0.188. The van der Waals surface area contributed by atoms with E-state index in [1.807, 2.05) is 6.92 Å². The van der Waals surface area contributed by atoms with Crippen molar-refractivity contribution in [3.05, 3.63) is 0 Å². The Labute approximate surface area is 91.4 Å². The fourth-order valence-electron chi connectivity index (χ4n) is 2.68. The fourth-order valence-corrected chi connectivity index (χ4v) is 2.68. The first-order valence-corrected chi connectivity index (χ1v) is 5.99. The van der Waals surface area contributed by atoms with Crippen LogP contribution in [-0.4, -0.2) is 50.1 Å². The lowest BCUT2D eigenvalue weighted by Crippen LogP contribution is -2.31. The number of hydrogen-bond acceptors (Lipinski definition) is 3. The number of hydrogen-bond donors (Lipinski definition) is 2. The summed E-state index contributed by atoms with van der Waals surface area (Å²) in [5, 5.41) is 6.27. The van der Waals surface area contributed by atoms with E-state index in [-0.39, 0.29) is 5.91 Å². The molecular formula is C11H21N3O. The van der Waals surface area contributed by atoms with E-state index in [4.69, 9.17) is 0 Å². The number of likely N-dealkylation sites (tertiary alicyclic amines) is 1. The number of carbonyl (C=O) groups is 1. The van der Waals surface area contributed by atoms with Gasteiger partial charge in [-0.2, -0.15) is 0 Å². The molecule has 0 aliphatic carbocycles. The molecule has 0 bridgehead atoms. The van der Waals surface area contributed by atoms with Gasteiger partial charge in [0.15, 0.2) is 0 Å². The van der Waals surface area contributed by atoms with Crippen molar-refractivity contribution in [2.45, 2.75) is 13.3 Å². The summed E-state index contributed by atoms with van der Waals surface area (Å²) in [6, 6.07) is 0. The molecule has 1 amide bonds. The molecule has 2 atom stereocenters. The summed E-state index contributed by atoms with van der Waals surface area (Å²) in [7, 11) is 0. The molecule has 2 N–H and O–H groups in total. The lowest BCUT2D eigenvalue weighted by atomic mass is 10.0. The van der Waals surface area contributed by atoms with E-state index in [9.17, 15) is 4.79 Å². The molecule has 0 radical (unpaired) electrons. The van der Waals surface area contributed by atoms with Gasteiger partial charge in [-0.1, -0.05) is 0 Å². The first-order valence-electron chi connectivity index (χ1n) is 5.99. The summed E-state index contributed by atoms with van der Waals surface area (Å²) in [5.41, 5.74) is 0. The third-order valence-electron chi connectivity index (χ3n) is 3.49. The van der Waals surface area contributed by atoms with Crippen molar-refractivity contribution in [2.75, 3.05) is 39.3 Å². The monoisotopic (exact) mass is 211 g/mol. The molecule has 4 nitrogen and oxygen atoms in total. The Morgan fingerprint density at radius 1 is 1.40 bits per heavy atom. The summed E-state index contributed by atoms with van der Waals surface area (Å²) in [6.45, 7) is 8.33. The molecule has 0 aromatic heterocycles. The van der Waals surface area contributed by atoms with Gasteiger partial charge in [0.1, 0.15) is 0 Å². The summed E-state index contributed by atoms with van der Waals surface area (Å²) in [5.74, 6) is 1.85. The maximum Gasteiger partial charge on any atom is 0.221 e. The van der Waals surface area contributed by atoms with Crippen LogP contribution in [-0.2, 0) is 4.79 Å². The minimum absolute atomic E-state index is 0.188. The van der Waals surface area contributed by atoms with E-state index < -0.39 is 0 Å². The Morgan fingerprint density at radius 3 is 2.67 bits per heavy atom. The van der Waals surface area contributed by atoms with Gasteiger partial charge in [-0.15, -0.1) is 0 Å². The van der Waals surface area contributed by atoms with Gasteiger partial charge < -0.3 is 15.5 Å². The highest BCUT2D eigenvalue weighted by Crippen LogP contribution is 2.25. The van der Waals surface area contributed by atoms with Crippen molar-refractivity contribution in [1.82, 2.24) is 15.5 Å². The fraction of sp³-hybridized carbons (Fsp3) is 0.909. The van der Waals surface area contributed by atoms with Crippen molar-refractivity contribution in [1.29, 1.82) is 0 Å². The lowest BCUT2D eigenvalue weighted by Gasteiger charge is -2.16. The van der Waals surface area contributed by atoms with Crippen molar-refractivity contribution < 1.29 is 4.79 Å². The largest absolute Gasteiger partial charge is 0.356 e. The SMILES string of the molecule is CCNC(=O)CCN1CC2CNCC2C1. The molecule has 2 fully saturated rings. The zero-order valence-electron chi connectivity index (χ0n) is 9.46. The second-order valence-corrected chi connectivity index (χ2v) is 4.64. The summed E-state index contributed by atoms with van der Waals surface area (Å²) >= 11 is 0. The average Bonchev–Trinajstić information content (AvgIpc) is 2.74. The van der Waals surface area contributed by atoms with Gasteiger partial charge in [0, 0.05) is 32.6 Å². The van der Waals surface area contributed by atoms with Crippen LogP contribution >= 0.6 is 0 Å². The van der Waals surface area contributed by atoms with E-state index in [0.717, 1.165) is 24.9 Å². The number of fused-ring (bicyclic) bond motifs is 1. The van der Waals surface area contributed by atoms with Crippen LogP contribution in [0.4, 0.5) is 0 Å². The maximum atomic E-state index is 11.3. The topological polar surface area (TPSA) is 44.4 Å². The predicted octanol–water partition coefficient (Wildman–Crippen LogP) is -0.336. The number of nitrogens with zero attached hydrogens (tertiary/aromatic N) is 1. The molecule has 2 aliphatic rings. The molecular weight excluding hydrogens is 190 g/mol. The summed E-state index contributed by atoms with van der Waals surface area (Å²) in [6.07, 6.45) is 0.653. The number of carbonyl (C=O) groups excluding carboxylic acids is 1. The number of amides is 1. The Morgan fingerprint density at radius 2 is 2.07 bits per heavy atom. The molecule has 0 saturated carbocycles. The Bertz CT molecular complexity index is 220. The van der Waals surface area contributed by atoms with Gasteiger partial charge in [0.25, 0.3) is 0 Å². The smallest absolute Gasteiger partial charge is 0.221 e. The minimum Gasteiger partial charge on any atom is -0.356 e. The van der Waals surface area contributed by atoms with Crippen molar-refractivity contribution in [3.8, 4) is 0 Å². The Hall–Kier alpha value is -0.610. The third kappa shape index (κ3) is 2.69. The maximum absolute atomic E-state index is 11.3. The van der Waals surface area contributed by atoms with Crippen LogP contribution in [0.3, 0.4) is 0 Å². The molecule has 0 aromatic rings. The molecule has 2 heterocycles. The molecule has 2 aliphatic heterocycles. The van der Waals surface area contributed by atoms with Crippen LogP contribution in [0.2, 0.25) is 0 Å². The van der Waals surface area contributed by atoms with Gasteiger partial charge in [0.05, 0.1) is 0 Å². The Kier molecular flexibility index (Phi) is 3.59. The highest BCUT2D eigenvalue weighted by atomic mass is 16.1. The molecule has 0 spiro atoms. The predicted molar refractivity (Wildman–Crippen MR) is 59.6 cm³/mol. The second-order valence-electron chi connectivity index (χ2n) is 4.64. The van der Waals surface area contributed by atoms with Gasteiger partial charge in [0.2, 0.25) is 5.91 Å². The van der Waals surface area contributed by atoms with Crippen LogP contribution in [0, 0.1) is 11.8 Å². The van der Waals surface area contributed by atoms with Gasteiger partial charge in [-0.05, 0) is 31.8 Å². The molecule has 86 valence electrons. The van der Waals surface area contributed by atoms with Gasteiger partial charge in [-0.25, -0.2) is 0 Å². The summed E-state index contributed by atoms with van der Waals surface area (Å²) < 4.78 is 0. The number of rotatable bonds is 4. The van der Waals surface area contributed by atoms with Crippen LogP contribution in [0.25, 0.3) is 0 Å². The van der Waals surface area contributed by atoms with E-state index in [1.54, 1.807) is 0 Å². The van der Waals surface area contributed by atoms with Gasteiger partial charge >= 0.3 is 0 Å². The molecule has 2 saturated heterocycles. The van der Waals surface area contributed by atoms with E-state index in [2.05, 4.69) is 15.5 Å². The van der Waals surface area contributed by atoms with E-state index in [1.165, 1.54) is 26.2 Å². The first kappa shape index (κ1) is 10.9. The van der Waals surface area contributed by atoms with E-state index >= 15 is 0 Å². The standard InChI is InChI=1S/C11H21N3O/c1-2-13-11(15)3-4-14-7-9-5-12-6-10(9)8-14/h9-10,12H,2-8H2,1H3,(H,13,15). The van der Waals surface area contributed by atoms with Crippen LogP contribution in [0.1, 0.15) is 13.3 Å². The molecule has 2 unspecified atom stereocenters. The average molecular weight is 211 g/mol. The lowest BCUT2D eigenvalue weighted by molar-refractivity contribution is -0.121. The Balaban J connectivity index is 1.67. The highest BCUT2D eigenvalue weighted by Gasteiger charge is 2.35. The van der Waals surface area contributed by atoms with Crippen LogP contribution in [0.5, 0.6) is 0 Å². The second kappa shape index (κ2) is 4.94. The van der Waals surface area contributed by atoms with Crippen LogP contribution in [0.15, 0.2) is 0 Å².